The molecule has 0 radical (unpaired) electrons. The Morgan fingerprint density at radius 1 is 1.21 bits per heavy atom. The molecule has 0 bridgehead atoms. The third-order valence-electron chi connectivity index (χ3n) is 5.68. The molecule has 156 valence electrons. The summed E-state index contributed by atoms with van der Waals surface area (Å²) in [7, 11) is 1.83. The first-order valence-electron chi connectivity index (χ1n) is 10.1. The number of nitrogens with two attached hydrogens (primary N) is 1. The van der Waals surface area contributed by atoms with Crippen molar-refractivity contribution in [1.29, 1.82) is 0 Å². The minimum absolute atomic E-state index is 0. The van der Waals surface area contributed by atoms with Gasteiger partial charge in [-0.15, -0.1) is 24.0 Å². The molecule has 28 heavy (non-hydrogen) atoms. The van der Waals surface area contributed by atoms with Crippen molar-refractivity contribution >= 4 is 35.8 Å². The molecule has 1 aliphatic carbocycles. The number of halogens is 1. The maximum atomic E-state index is 11.0. The van der Waals surface area contributed by atoms with Crippen LogP contribution in [-0.4, -0.2) is 55.5 Å². The highest BCUT2D eigenvalue weighted by molar-refractivity contribution is 14.0. The zero-order chi connectivity index (χ0) is 19.4. The van der Waals surface area contributed by atoms with Crippen LogP contribution in [-0.2, 0) is 4.79 Å². The number of nitrogens with zero attached hydrogens (tertiary/aromatic N) is 2. The van der Waals surface area contributed by atoms with Crippen LogP contribution in [0.3, 0.4) is 0 Å². The zero-order valence-corrected chi connectivity index (χ0v) is 19.5. The fraction of sp³-hybridized carbons (Fsp3) is 0.619. The standard InChI is InChI=1S/C21H33N5O.HI/c1-14(2)15-4-6-16(7-5-15)18-12-19(18)25-21(23-3)24-17-8-10-26(11-9-17)13-20(22)27;/h4-7,14,17-19H,8-13H2,1-3H3,(H2,22,27)(H2,23,24,25);1H. The van der Waals surface area contributed by atoms with Crippen molar-refractivity contribution in [2.24, 2.45) is 10.7 Å². The van der Waals surface area contributed by atoms with Crippen molar-refractivity contribution in [3.05, 3.63) is 35.4 Å². The largest absolute Gasteiger partial charge is 0.369 e. The number of aliphatic imine (C=N–C) groups is 1. The summed E-state index contributed by atoms with van der Waals surface area (Å²) >= 11 is 0. The number of hydrogen-bond acceptors (Lipinski definition) is 3. The SMILES string of the molecule is CN=C(NC1CCN(CC(N)=O)CC1)NC1CC1c1ccc(C(C)C)cc1.I. The van der Waals surface area contributed by atoms with Gasteiger partial charge in [0.05, 0.1) is 6.54 Å². The summed E-state index contributed by atoms with van der Waals surface area (Å²) < 4.78 is 0. The van der Waals surface area contributed by atoms with Crippen molar-refractivity contribution < 1.29 is 4.79 Å². The molecule has 4 N–H and O–H groups in total. The number of piperidine rings is 1. The van der Waals surface area contributed by atoms with Crippen molar-refractivity contribution in [3.8, 4) is 0 Å². The lowest BCUT2D eigenvalue weighted by molar-refractivity contribution is -0.119. The molecule has 1 aliphatic heterocycles. The highest BCUT2D eigenvalue weighted by atomic mass is 127. The Kier molecular flexibility index (Phi) is 8.55. The average Bonchev–Trinajstić information content (AvgIpc) is 3.41. The number of primary amides is 1. The predicted octanol–water partition coefficient (Wildman–Crippen LogP) is 2.40. The summed E-state index contributed by atoms with van der Waals surface area (Å²) in [6.45, 7) is 6.60. The van der Waals surface area contributed by atoms with Gasteiger partial charge in [-0.05, 0) is 36.3 Å². The molecule has 1 saturated heterocycles. The summed E-state index contributed by atoms with van der Waals surface area (Å²) in [6, 6.07) is 9.89. The summed E-state index contributed by atoms with van der Waals surface area (Å²) in [5, 5.41) is 7.11. The highest BCUT2D eigenvalue weighted by Gasteiger charge is 2.39. The minimum Gasteiger partial charge on any atom is -0.369 e. The molecule has 1 amide bonds. The first kappa shape index (κ1) is 22.9. The fourth-order valence-electron chi connectivity index (χ4n) is 3.85. The Labute approximate surface area is 185 Å². The molecule has 3 rings (SSSR count). The molecule has 0 aromatic heterocycles. The van der Waals surface area contributed by atoms with Gasteiger partial charge in [-0.25, -0.2) is 0 Å². The summed E-state index contributed by atoms with van der Waals surface area (Å²) in [5.41, 5.74) is 8.08. The average molecular weight is 499 g/mol. The zero-order valence-electron chi connectivity index (χ0n) is 17.1. The molecule has 2 aliphatic rings. The van der Waals surface area contributed by atoms with Crippen LogP contribution in [0, 0.1) is 0 Å². The molecule has 1 saturated carbocycles. The quantitative estimate of drug-likeness (QED) is 0.319. The lowest BCUT2D eigenvalue weighted by atomic mass is 10.0. The molecule has 2 fully saturated rings. The second-order valence-corrected chi connectivity index (χ2v) is 8.15. The van der Waals surface area contributed by atoms with Crippen LogP contribution in [0.25, 0.3) is 0 Å². The molecule has 6 nitrogen and oxygen atoms in total. The Balaban J connectivity index is 0.00000280. The number of hydrogen-bond donors (Lipinski definition) is 3. The maximum Gasteiger partial charge on any atom is 0.231 e. The molecule has 7 heteroatoms. The van der Waals surface area contributed by atoms with Gasteiger partial charge in [-0.2, -0.15) is 0 Å². The van der Waals surface area contributed by atoms with E-state index in [9.17, 15) is 4.79 Å². The van der Waals surface area contributed by atoms with Gasteiger partial charge in [0.15, 0.2) is 5.96 Å². The molecule has 1 aromatic carbocycles. The van der Waals surface area contributed by atoms with Crippen molar-refractivity contribution in [3.63, 3.8) is 0 Å². The fourth-order valence-corrected chi connectivity index (χ4v) is 3.85. The number of nitrogens with one attached hydrogen (secondary N) is 2. The van der Waals surface area contributed by atoms with E-state index in [1.165, 1.54) is 11.1 Å². The van der Waals surface area contributed by atoms with Gasteiger partial charge in [0, 0.05) is 38.1 Å². The second-order valence-electron chi connectivity index (χ2n) is 8.15. The molecule has 0 spiro atoms. The highest BCUT2D eigenvalue weighted by Crippen LogP contribution is 2.41. The number of carbonyl (C=O) groups is 1. The topological polar surface area (TPSA) is 82.8 Å². The monoisotopic (exact) mass is 499 g/mol. The van der Waals surface area contributed by atoms with Gasteiger partial charge in [0.2, 0.25) is 5.91 Å². The summed E-state index contributed by atoms with van der Waals surface area (Å²) in [4.78, 5) is 17.6. The minimum atomic E-state index is -0.250. The van der Waals surface area contributed by atoms with E-state index >= 15 is 0 Å². The van der Waals surface area contributed by atoms with Crippen molar-refractivity contribution in [1.82, 2.24) is 15.5 Å². The van der Waals surface area contributed by atoms with Crippen LogP contribution in [0.15, 0.2) is 29.3 Å². The lowest BCUT2D eigenvalue weighted by Gasteiger charge is -2.32. The van der Waals surface area contributed by atoms with Gasteiger partial charge < -0.3 is 16.4 Å². The second kappa shape index (κ2) is 10.4. The molecule has 1 aromatic rings. The number of benzene rings is 1. The number of rotatable bonds is 6. The smallest absolute Gasteiger partial charge is 0.231 e. The van der Waals surface area contributed by atoms with E-state index in [4.69, 9.17) is 5.73 Å². The Hall–Kier alpha value is -1.35. The Bertz CT molecular complexity index is 668. The van der Waals surface area contributed by atoms with Gasteiger partial charge >= 0.3 is 0 Å². The van der Waals surface area contributed by atoms with Crippen molar-refractivity contribution in [2.75, 3.05) is 26.7 Å². The van der Waals surface area contributed by atoms with E-state index in [0.717, 1.165) is 38.3 Å². The normalized spacial score (nSPS) is 23.2. The molecule has 2 atom stereocenters. The number of carbonyl (C=O) groups excluding carboxylic acids is 1. The van der Waals surface area contributed by atoms with E-state index in [0.29, 0.717) is 30.5 Å². The molecule has 2 unspecified atom stereocenters. The Morgan fingerprint density at radius 3 is 2.39 bits per heavy atom. The molecular weight excluding hydrogens is 465 g/mol. The van der Waals surface area contributed by atoms with Gasteiger partial charge in [-0.1, -0.05) is 38.1 Å². The third-order valence-corrected chi connectivity index (χ3v) is 5.68. The predicted molar refractivity (Wildman–Crippen MR) is 125 cm³/mol. The first-order valence-corrected chi connectivity index (χ1v) is 10.1. The van der Waals surface area contributed by atoms with Crippen molar-refractivity contribution in [2.45, 2.75) is 57.0 Å². The van der Waals surface area contributed by atoms with E-state index in [2.05, 4.69) is 58.6 Å². The number of amides is 1. The van der Waals surface area contributed by atoms with Gasteiger partial charge in [-0.3, -0.25) is 14.7 Å². The maximum absolute atomic E-state index is 11.0. The van der Waals surface area contributed by atoms with E-state index in [-0.39, 0.29) is 29.9 Å². The van der Waals surface area contributed by atoms with Crippen LogP contribution in [0.1, 0.15) is 56.1 Å². The van der Waals surface area contributed by atoms with Crippen LogP contribution in [0.4, 0.5) is 0 Å². The lowest BCUT2D eigenvalue weighted by Crippen LogP contribution is -2.50. The van der Waals surface area contributed by atoms with Crippen LogP contribution < -0.4 is 16.4 Å². The summed E-state index contributed by atoms with van der Waals surface area (Å²) in [6.07, 6.45) is 3.15. The van der Waals surface area contributed by atoms with Crippen LogP contribution >= 0.6 is 24.0 Å². The first-order chi connectivity index (χ1) is 13.0. The number of likely N-dealkylation sites (tertiary alicyclic amines) is 1. The van der Waals surface area contributed by atoms with Crippen LogP contribution in [0.2, 0.25) is 0 Å². The number of guanidine groups is 1. The molecular formula is C21H34IN5O. The van der Waals surface area contributed by atoms with Crippen LogP contribution in [0.5, 0.6) is 0 Å². The third kappa shape index (κ3) is 6.34. The van der Waals surface area contributed by atoms with E-state index in [1.54, 1.807) is 0 Å². The molecule has 1 heterocycles. The van der Waals surface area contributed by atoms with E-state index in [1.807, 2.05) is 7.05 Å². The Morgan fingerprint density at radius 2 is 1.86 bits per heavy atom. The van der Waals surface area contributed by atoms with E-state index < -0.39 is 0 Å². The van der Waals surface area contributed by atoms with Gasteiger partial charge in [0.25, 0.3) is 0 Å². The van der Waals surface area contributed by atoms with Gasteiger partial charge in [0.1, 0.15) is 0 Å². The summed E-state index contributed by atoms with van der Waals surface area (Å²) in [5.74, 6) is 1.78.